The van der Waals surface area contributed by atoms with Crippen molar-refractivity contribution in [3.05, 3.63) is 29.3 Å². The molecule has 0 saturated heterocycles. The first-order valence-corrected chi connectivity index (χ1v) is 6.82. The molecule has 1 aliphatic rings. The van der Waals surface area contributed by atoms with Gasteiger partial charge in [-0.15, -0.1) is 0 Å². The quantitative estimate of drug-likeness (QED) is 0.786. The molecule has 0 atom stereocenters. The van der Waals surface area contributed by atoms with E-state index in [1.54, 1.807) is 6.07 Å². The Labute approximate surface area is 118 Å². The molecule has 5 nitrogen and oxygen atoms in total. The van der Waals surface area contributed by atoms with Crippen molar-refractivity contribution in [2.75, 3.05) is 5.32 Å². The van der Waals surface area contributed by atoms with Crippen LogP contribution in [-0.4, -0.2) is 22.5 Å². The number of anilines is 1. The van der Waals surface area contributed by atoms with Crippen molar-refractivity contribution in [1.29, 1.82) is 0 Å². The summed E-state index contributed by atoms with van der Waals surface area (Å²) in [4.78, 5) is 23.0. The summed E-state index contributed by atoms with van der Waals surface area (Å²) in [5.74, 6) is -1.16. The molecule has 0 bridgehead atoms. The fraction of sp³-hybridized carbons (Fsp3) is 0.467. The van der Waals surface area contributed by atoms with Gasteiger partial charge in [-0.05, 0) is 37.5 Å². The molecular formula is C15H20N2O3. The molecule has 1 aliphatic carbocycles. The average molecular weight is 276 g/mol. The number of rotatable bonds is 4. The minimum atomic E-state index is -1.01. The van der Waals surface area contributed by atoms with E-state index < -0.39 is 11.5 Å². The standard InChI is InChI=1S/C15H20N2O3/c1-10-4-5-11(14(19)20)8-12(10)17-13(18)9-15(16)6-2-3-7-15/h4-5,8H,2-3,6-7,9,16H2,1H3,(H,17,18)(H,19,20). The van der Waals surface area contributed by atoms with E-state index in [9.17, 15) is 9.59 Å². The first-order valence-electron chi connectivity index (χ1n) is 6.82. The first kappa shape index (κ1) is 14.5. The van der Waals surface area contributed by atoms with E-state index in [2.05, 4.69) is 5.32 Å². The van der Waals surface area contributed by atoms with Crippen LogP contribution in [0, 0.1) is 6.92 Å². The fourth-order valence-electron chi connectivity index (χ4n) is 2.66. The minimum absolute atomic E-state index is 0.153. The second-order valence-corrected chi connectivity index (χ2v) is 5.63. The number of carboxylic acid groups (broad SMARTS) is 1. The largest absolute Gasteiger partial charge is 0.478 e. The molecule has 0 aromatic heterocycles. The number of carbonyl (C=O) groups is 2. The summed E-state index contributed by atoms with van der Waals surface area (Å²) >= 11 is 0. The maximum absolute atomic E-state index is 12.1. The molecule has 1 aromatic rings. The van der Waals surface area contributed by atoms with Crippen molar-refractivity contribution >= 4 is 17.6 Å². The Morgan fingerprint density at radius 1 is 1.35 bits per heavy atom. The van der Waals surface area contributed by atoms with Gasteiger partial charge in [0.25, 0.3) is 0 Å². The van der Waals surface area contributed by atoms with Crippen LogP contribution >= 0.6 is 0 Å². The average Bonchev–Trinajstić information content (AvgIpc) is 2.78. The van der Waals surface area contributed by atoms with Gasteiger partial charge in [-0.2, -0.15) is 0 Å². The van der Waals surface area contributed by atoms with Crippen molar-refractivity contribution in [2.24, 2.45) is 5.73 Å². The summed E-state index contributed by atoms with van der Waals surface area (Å²) in [7, 11) is 0. The number of carbonyl (C=O) groups excluding carboxylic acids is 1. The Balaban J connectivity index is 2.07. The minimum Gasteiger partial charge on any atom is -0.478 e. The Kier molecular flexibility index (Phi) is 4.09. The monoisotopic (exact) mass is 276 g/mol. The second-order valence-electron chi connectivity index (χ2n) is 5.63. The predicted octanol–water partition coefficient (Wildman–Crippen LogP) is 2.29. The number of hydrogen-bond donors (Lipinski definition) is 3. The van der Waals surface area contributed by atoms with Gasteiger partial charge in [-0.25, -0.2) is 4.79 Å². The van der Waals surface area contributed by atoms with Gasteiger partial charge < -0.3 is 16.2 Å². The third kappa shape index (κ3) is 3.36. The van der Waals surface area contributed by atoms with E-state index in [-0.39, 0.29) is 17.9 Å². The normalized spacial score (nSPS) is 16.9. The highest BCUT2D eigenvalue weighted by Gasteiger charge is 2.31. The lowest BCUT2D eigenvalue weighted by molar-refractivity contribution is -0.117. The predicted molar refractivity (Wildman–Crippen MR) is 76.8 cm³/mol. The number of carboxylic acids is 1. The van der Waals surface area contributed by atoms with Crippen molar-refractivity contribution in [2.45, 2.75) is 44.6 Å². The van der Waals surface area contributed by atoms with Gasteiger partial charge in [0.2, 0.25) is 5.91 Å². The summed E-state index contributed by atoms with van der Waals surface area (Å²) in [6, 6.07) is 4.69. The third-order valence-corrected chi connectivity index (χ3v) is 3.87. The van der Waals surface area contributed by atoms with E-state index in [0.29, 0.717) is 5.69 Å². The molecule has 0 radical (unpaired) electrons. The highest BCUT2D eigenvalue weighted by Crippen LogP contribution is 2.30. The molecule has 5 heteroatoms. The van der Waals surface area contributed by atoms with Crippen LogP contribution in [0.25, 0.3) is 0 Å². The van der Waals surface area contributed by atoms with E-state index in [0.717, 1.165) is 31.2 Å². The number of nitrogens with one attached hydrogen (secondary N) is 1. The van der Waals surface area contributed by atoms with Crippen LogP contribution in [0.5, 0.6) is 0 Å². The lowest BCUT2D eigenvalue weighted by atomic mass is 9.94. The fourth-order valence-corrected chi connectivity index (χ4v) is 2.66. The SMILES string of the molecule is Cc1ccc(C(=O)O)cc1NC(=O)CC1(N)CCCC1. The molecule has 0 unspecified atom stereocenters. The van der Waals surface area contributed by atoms with Crippen molar-refractivity contribution in [1.82, 2.24) is 0 Å². The van der Waals surface area contributed by atoms with E-state index in [1.165, 1.54) is 12.1 Å². The molecule has 20 heavy (non-hydrogen) atoms. The topological polar surface area (TPSA) is 92.4 Å². The summed E-state index contributed by atoms with van der Waals surface area (Å²) in [5, 5.41) is 11.7. The number of amides is 1. The van der Waals surface area contributed by atoms with Crippen LogP contribution in [0.1, 0.15) is 48.0 Å². The first-order chi connectivity index (χ1) is 9.39. The van der Waals surface area contributed by atoms with Crippen LogP contribution in [0.3, 0.4) is 0 Å². The molecule has 1 fully saturated rings. The second kappa shape index (κ2) is 5.63. The highest BCUT2D eigenvalue weighted by molar-refractivity contribution is 5.95. The van der Waals surface area contributed by atoms with Crippen LogP contribution in [0.15, 0.2) is 18.2 Å². The van der Waals surface area contributed by atoms with Crippen LogP contribution < -0.4 is 11.1 Å². The van der Waals surface area contributed by atoms with Gasteiger partial charge >= 0.3 is 5.97 Å². The van der Waals surface area contributed by atoms with E-state index in [1.807, 2.05) is 6.92 Å². The molecule has 0 aliphatic heterocycles. The van der Waals surface area contributed by atoms with Crippen LogP contribution in [0.2, 0.25) is 0 Å². The van der Waals surface area contributed by atoms with Gasteiger partial charge in [-0.3, -0.25) is 4.79 Å². The van der Waals surface area contributed by atoms with E-state index in [4.69, 9.17) is 10.8 Å². The van der Waals surface area contributed by atoms with Gasteiger partial charge in [0.05, 0.1) is 5.56 Å². The summed E-state index contributed by atoms with van der Waals surface area (Å²) in [6.07, 6.45) is 4.15. The zero-order chi connectivity index (χ0) is 14.8. The molecule has 4 N–H and O–H groups in total. The van der Waals surface area contributed by atoms with Crippen molar-refractivity contribution in [3.63, 3.8) is 0 Å². The number of benzene rings is 1. The molecular weight excluding hydrogens is 256 g/mol. The van der Waals surface area contributed by atoms with Crippen molar-refractivity contribution < 1.29 is 14.7 Å². The summed E-state index contributed by atoms with van der Waals surface area (Å²) in [6.45, 7) is 1.83. The highest BCUT2D eigenvalue weighted by atomic mass is 16.4. The lowest BCUT2D eigenvalue weighted by Gasteiger charge is -2.22. The Morgan fingerprint density at radius 3 is 2.60 bits per heavy atom. The van der Waals surface area contributed by atoms with Crippen molar-refractivity contribution in [3.8, 4) is 0 Å². The number of aryl methyl sites for hydroxylation is 1. The zero-order valence-electron chi connectivity index (χ0n) is 11.6. The molecule has 108 valence electrons. The smallest absolute Gasteiger partial charge is 0.335 e. The summed E-state index contributed by atoms with van der Waals surface area (Å²) < 4.78 is 0. The summed E-state index contributed by atoms with van der Waals surface area (Å²) in [5.41, 5.74) is 7.31. The van der Waals surface area contributed by atoms with Gasteiger partial charge in [0.15, 0.2) is 0 Å². The zero-order valence-corrected chi connectivity index (χ0v) is 11.6. The molecule has 0 spiro atoms. The number of hydrogen-bond acceptors (Lipinski definition) is 3. The Bertz CT molecular complexity index is 534. The van der Waals surface area contributed by atoms with Gasteiger partial charge in [-0.1, -0.05) is 18.9 Å². The maximum Gasteiger partial charge on any atom is 0.335 e. The molecule has 1 aromatic carbocycles. The van der Waals surface area contributed by atoms with Crippen LogP contribution in [-0.2, 0) is 4.79 Å². The van der Waals surface area contributed by atoms with Crippen LogP contribution in [0.4, 0.5) is 5.69 Å². The van der Waals surface area contributed by atoms with Gasteiger partial charge in [0.1, 0.15) is 0 Å². The maximum atomic E-state index is 12.1. The molecule has 0 heterocycles. The Morgan fingerprint density at radius 2 is 2.00 bits per heavy atom. The molecule has 1 amide bonds. The molecule has 1 saturated carbocycles. The van der Waals surface area contributed by atoms with Gasteiger partial charge in [0, 0.05) is 17.6 Å². The number of nitrogens with two attached hydrogens (primary N) is 1. The molecule has 2 rings (SSSR count). The van der Waals surface area contributed by atoms with E-state index >= 15 is 0 Å². The number of aromatic carboxylic acids is 1. The Hall–Kier alpha value is -1.88. The lowest BCUT2D eigenvalue weighted by Crippen LogP contribution is -2.40. The third-order valence-electron chi connectivity index (χ3n) is 3.87.